The number of amides is 1. The molecule has 26 heavy (non-hydrogen) atoms. The van der Waals surface area contributed by atoms with Gasteiger partial charge in [0.15, 0.2) is 27.8 Å². The highest BCUT2D eigenvalue weighted by Gasteiger charge is 2.19. The summed E-state index contributed by atoms with van der Waals surface area (Å²) in [6, 6.07) is 8.94. The first-order valence-electron chi connectivity index (χ1n) is 8.14. The molecule has 0 spiro atoms. The van der Waals surface area contributed by atoms with Crippen molar-refractivity contribution in [2.45, 2.75) is 13.5 Å². The maximum Gasteiger partial charge on any atom is 0.279 e. The molecule has 7 nitrogen and oxygen atoms in total. The third-order valence-electron chi connectivity index (χ3n) is 4.31. The lowest BCUT2D eigenvalue weighted by atomic mass is 10.2. The standard InChI is InChI=1S/C18H14N2O5S/c1-2-20-11-6-14-15(25-9-24-14)7-16(11)26-18(20)19-17(21)10-3-4-12-13(5-10)23-8-22-12/h3-7H,2,8-9H2,1H3. The molecule has 132 valence electrons. The summed E-state index contributed by atoms with van der Waals surface area (Å²) in [7, 11) is 0. The number of aryl methyl sites for hydroxylation is 1. The molecule has 3 heterocycles. The Morgan fingerprint density at radius 3 is 2.50 bits per heavy atom. The van der Waals surface area contributed by atoms with Gasteiger partial charge in [0.25, 0.3) is 5.91 Å². The predicted octanol–water partition coefficient (Wildman–Crippen LogP) is 2.92. The number of thiazole rings is 1. The minimum atomic E-state index is -0.322. The van der Waals surface area contributed by atoms with E-state index < -0.39 is 0 Å². The van der Waals surface area contributed by atoms with Crippen molar-refractivity contribution < 1.29 is 23.7 Å². The first kappa shape index (κ1) is 15.3. The van der Waals surface area contributed by atoms with E-state index in [0.717, 1.165) is 16.0 Å². The fraction of sp³-hybridized carbons (Fsp3) is 0.222. The van der Waals surface area contributed by atoms with Crippen molar-refractivity contribution in [3.8, 4) is 23.0 Å². The van der Waals surface area contributed by atoms with Crippen molar-refractivity contribution in [1.29, 1.82) is 0 Å². The van der Waals surface area contributed by atoms with E-state index in [1.54, 1.807) is 18.2 Å². The molecule has 2 aromatic carbocycles. The molecule has 0 atom stereocenters. The number of carbonyl (C=O) groups excluding carboxylic acids is 1. The summed E-state index contributed by atoms with van der Waals surface area (Å²) >= 11 is 1.45. The summed E-state index contributed by atoms with van der Waals surface area (Å²) in [5, 5.41) is 0. The van der Waals surface area contributed by atoms with Crippen LogP contribution in [0.2, 0.25) is 0 Å². The second-order valence-corrected chi connectivity index (χ2v) is 6.80. The third-order valence-corrected chi connectivity index (χ3v) is 5.35. The van der Waals surface area contributed by atoms with Gasteiger partial charge in [0.1, 0.15) is 0 Å². The lowest BCUT2D eigenvalue weighted by Gasteiger charge is -2.02. The largest absolute Gasteiger partial charge is 0.454 e. The molecule has 0 fully saturated rings. The maximum absolute atomic E-state index is 12.6. The van der Waals surface area contributed by atoms with Crippen LogP contribution in [0.1, 0.15) is 17.3 Å². The number of aromatic nitrogens is 1. The number of rotatable bonds is 2. The smallest absolute Gasteiger partial charge is 0.279 e. The van der Waals surface area contributed by atoms with Crippen molar-refractivity contribution in [2.75, 3.05) is 13.6 Å². The number of carbonyl (C=O) groups is 1. The Balaban J connectivity index is 1.60. The molecule has 3 aromatic rings. The van der Waals surface area contributed by atoms with E-state index in [9.17, 15) is 4.79 Å². The topological polar surface area (TPSA) is 71.3 Å². The van der Waals surface area contributed by atoms with Gasteiger partial charge in [-0.15, -0.1) is 0 Å². The maximum atomic E-state index is 12.6. The summed E-state index contributed by atoms with van der Waals surface area (Å²) in [4.78, 5) is 17.6. The summed E-state index contributed by atoms with van der Waals surface area (Å²) < 4.78 is 24.5. The molecule has 5 rings (SSSR count). The minimum absolute atomic E-state index is 0.172. The lowest BCUT2D eigenvalue weighted by molar-refractivity contribution is 0.0997. The zero-order chi connectivity index (χ0) is 17.7. The van der Waals surface area contributed by atoms with E-state index in [1.807, 2.05) is 23.6 Å². The monoisotopic (exact) mass is 370 g/mol. The van der Waals surface area contributed by atoms with Gasteiger partial charge in [0, 0.05) is 24.2 Å². The summed E-state index contributed by atoms with van der Waals surface area (Å²) in [6.07, 6.45) is 0. The molecular formula is C18H14N2O5S. The Hall–Kier alpha value is -3.00. The van der Waals surface area contributed by atoms with Gasteiger partial charge >= 0.3 is 0 Å². The fourth-order valence-corrected chi connectivity index (χ4v) is 4.13. The molecule has 0 unspecified atom stereocenters. The second kappa shape index (κ2) is 5.77. The highest BCUT2D eigenvalue weighted by Crippen LogP contribution is 2.37. The van der Waals surface area contributed by atoms with Crippen LogP contribution in [0.15, 0.2) is 35.3 Å². The molecule has 0 radical (unpaired) electrons. The van der Waals surface area contributed by atoms with Crippen molar-refractivity contribution in [3.05, 3.63) is 40.7 Å². The van der Waals surface area contributed by atoms with Crippen molar-refractivity contribution in [3.63, 3.8) is 0 Å². The van der Waals surface area contributed by atoms with Gasteiger partial charge < -0.3 is 23.5 Å². The zero-order valence-electron chi connectivity index (χ0n) is 13.9. The summed E-state index contributed by atoms with van der Waals surface area (Å²) in [5.74, 6) is 2.32. The van der Waals surface area contributed by atoms with Crippen molar-refractivity contribution in [2.24, 2.45) is 4.99 Å². The van der Waals surface area contributed by atoms with Crippen molar-refractivity contribution in [1.82, 2.24) is 4.57 Å². The molecule has 0 N–H and O–H groups in total. The van der Waals surface area contributed by atoms with Gasteiger partial charge in [-0.2, -0.15) is 4.99 Å². The minimum Gasteiger partial charge on any atom is -0.454 e. The molecule has 0 aliphatic carbocycles. The number of hydrogen-bond acceptors (Lipinski definition) is 6. The fourth-order valence-electron chi connectivity index (χ4n) is 3.03. The van der Waals surface area contributed by atoms with Crippen LogP contribution in [-0.2, 0) is 6.54 Å². The van der Waals surface area contributed by atoms with E-state index in [4.69, 9.17) is 18.9 Å². The predicted molar refractivity (Wildman–Crippen MR) is 94.1 cm³/mol. The van der Waals surface area contributed by atoms with Gasteiger partial charge in [-0.25, -0.2) is 0 Å². The number of ether oxygens (including phenoxy) is 4. The first-order chi connectivity index (χ1) is 12.7. The molecule has 0 saturated carbocycles. The van der Waals surface area contributed by atoms with E-state index in [0.29, 0.717) is 34.2 Å². The summed E-state index contributed by atoms with van der Waals surface area (Å²) in [5.41, 5.74) is 1.43. The van der Waals surface area contributed by atoms with Gasteiger partial charge in [0.05, 0.1) is 10.2 Å². The first-order valence-corrected chi connectivity index (χ1v) is 8.96. The number of nitrogens with zero attached hydrogens (tertiary/aromatic N) is 2. The number of fused-ring (bicyclic) bond motifs is 3. The van der Waals surface area contributed by atoms with Crippen LogP contribution < -0.4 is 23.7 Å². The average Bonchev–Trinajstić information content (AvgIpc) is 3.36. The third kappa shape index (κ3) is 2.33. The van der Waals surface area contributed by atoms with Gasteiger partial charge in [0.2, 0.25) is 13.6 Å². The lowest BCUT2D eigenvalue weighted by Crippen LogP contribution is -2.15. The molecule has 2 aliphatic heterocycles. The van der Waals surface area contributed by atoms with E-state index in [-0.39, 0.29) is 19.5 Å². The van der Waals surface area contributed by atoms with Crippen LogP contribution >= 0.6 is 11.3 Å². The van der Waals surface area contributed by atoms with Crippen LogP contribution in [0.3, 0.4) is 0 Å². The van der Waals surface area contributed by atoms with Crippen LogP contribution in [0.4, 0.5) is 0 Å². The molecule has 0 saturated heterocycles. The molecule has 1 aromatic heterocycles. The van der Waals surface area contributed by atoms with Gasteiger partial charge in [-0.05, 0) is 25.1 Å². The van der Waals surface area contributed by atoms with E-state index in [1.165, 1.54) is 11.3 Å². The van der Waals surface area contributed by atoms with E-state index >= 15 is 0 Å². The molecule has 0 bridgehead atoms. The average molecular weight is 370 g/mol. The van der Waals surface area contributed by atoms with Gasteiger partial charge in [-0.1, -0.05) is 11.3 Å². The highest BCUT2D eigenvalue weighted by molar-refractivity contribution is 7.16. The number of benzene rings is 2. The van der Waals surface area contributed by atoms with E-state index in [2.05, 4.69) is 4.99 Å². The van der Waals surface area contributed by atoms with Crippen LogP contribution in [0.25, 0.3) is 10.2 Å². The Morgan fingerprint density at radius 2 is 1.73 bits per heavy atom. The summed E-state index contributed by atoms with van der Waals surface area (Å²) in [6.45, 7) is 3.11. The molecule has 8 heteroatoms. The Labute approximate surface area is 152 Å². The van der Waals surface area contributed by atoms with Crippen LogP contribution in [-0.4, -0.2) is 24.1 Å². The van der Waals surface area contributed by atoms with Crippen molar-refractivity contribution >= 4 is 27.5 Å². The molecule has 1 amide bonds. The SMILES string of the molecule is CCn1c(=NC(=O)c2ccc3c(c2)OCO3)sc2cc3c(cc21)OCO3. The van der Waals surface area contributed by atoms with Crippen LogP contribution in [0.5, 0.6) is 23.0 Å². The van der Waals surface area contributed by atoms with Crippen LogP contribution in [0, 0.1) is 0 Å². The Bertz CT molecular complexity index is 1110. The molecular weight excluding hydrogens is 356 g/mol. The molecule has 2 aliphatic rings. The Kier molecular flexibility index (Phi) is 3.39. The zero-order valence-corrected chi connectivity index (χ0v) is 14.7. The highest BCUT2D eigenvalue weighted by atomic mass is 32.1. The van der Waals surface area contributed by atoms with Gasteiger partial charge in [-0.3, -0.25) is 4.79 Å². The quantitative estimate of drug-likeness (QED) is 0.694. The number of hydrogen-bond donors (Lipinski definition) is 0. The Morgan fingerprint density at radius 1 is 1.04 bits per heavy atom. The second-order valence-electron chi connectivity index (χ2n) is 5.79. The normalized spacial score (nSPS) is 15.0.